The van der Waals surface area contributed by atoms with Crippen molar-refractivity contribution >= 4 is 0 Å². The molecule has 0 heterocycles. The van der Waals surface area contributed by atoms with Crippen LogP contribution in [0.2, 0.25) is 0 Å². The van der Waals surface area contributed by atoms with Gasteiger partial charge in [0.2, 0.25) is 0 Å². The Labute approximate surface area is 754 Å². The molecule has 0 saturated heterocycles. The van der Waals surface area contributed by atoms with Crippen LogP contribution in [0, 0.1) is 183 Å². The van der Waals surface area contributed by atoms with E-state index >= 15 is 0 Å². The van der Waals surface area contributed by atoms with Gasteiger partial charge in [0, 0.05) is 0 Å². The van der Waals surface area contributed by atoms with Crippen LogP contribution in [0.25, 0.3) is 0 Å². The van der Waals surface area contributed by atoms with Crippen molar-refractivity contribution in [3.63, 3.8) is 0 Å². The average molecular weight is 1700 g/mol. The van der Waals surface area contributed by atoms with E-state index in [1.165, 1.54) is 283 Å². The number of hydrogen-bond acceptors (Lipinski definition) is 8. The highest BCUT2D eigenvalue weighted by Gasteiger charge is 2.64. The molecule has 22 aliphatic carbocycles. The second-order valence-electron chi connectivity index (χ2n) is 50.9. The van der Waals surface area contributed by atoms with Gasteiger partial charge in [-0.05, 0) is 465 Å². The lowest BCUT2D eigenvalue weighted by molar-refractivity contribution is -0.0955. The summed E-state index contributed by atoms with van der Waals surface area (Å²) in [6.07, 6.45) is 76.1. The summed E-state index contributed by atoms with van der Waals surface area (Å²) in [5.74, 6) is 29.9. The molecular formula is C114H200O8. The van der Waals surface area contributed by atoms with E-state index in [4.69, 9.17) is 37.9 Å². The SMILES string of the molecule is CC(C)(C)OC1CC2CC1C1CCCC21.CC(C)C(C)OC1CC2CC1C1C3CCC(C3)C21.CC(C)C(C)OC1CC2CC1C1CCCC21.CC(C)C(C)OC1CC2CCC1C2.CC(C)C(C)OC1CCCC1.CC(C)C(C)OC1CCCCC1.CC(OC1CC2CC1C1CCCC21)C1CCCC1.CC(OC1CC2CC1C1CCCC21)C1CCCCC1. The molecule has 0 aromatic rings. The summed E-state index contributed by atoms with van der Waals surface area (Å²) < 4.78 is 50.0. The summed E-state index contributed by atoms with van der Waals surface area (Å²) in [6.45, 7) is 45.0. The quantitative estimate of drug-likeness (QED) is 0.0993. The van der Waals surface area contributed by atoms with Gasteiger partial charge >= 0.3 is 0 Å². The van der Waals surface area contributed by atoms with E-state index in [1.807, 2.05) is 0 Å². The fraction of sp³-hybridized carbons (Fsp3) is 1.00. The summed E-state index contributed by atoms with van der Waals surface area (Å²) in [5.41, 5.74) is 0.0588. The van der Waals surface area contributed by atoms with Gasteiger partial charge in [0.15, 0.2) is 0 Å². The first-order valence-corrected chi connectivity index (χ1v) is 55.8. The molecule has 704 valence electrons. The molecule has 0 aliphatic heterocycles. The predicted octanol–water partition coefficient (Wildman–Crippen LogP) is 30.4. The molecule has 0 aromatic heterocycles. The molecule has 14 bridgehead atoms. The molecule has 0 amide bonds. The largest absolute Gasteiger partial charge is 0.375 e. The summed E-state index contributed by atoms with van der Waals surface area (Å²) >= 11 is 0. The first kappa shape index (κ1) is 96.3. The molecule has 22 rings (SSSR count). The fourth-order valence-corrected chi connectivity index (χ4v) is 33.3. The van der Waals surface area contributed by atoms with E-state index in [1.54, 1.807) is 19.3 Å². The Morgan fingerprint density at radius 1 is 0.197 bits per heavy atom. The zero-order valence-corrected chi connectivity index (χ0v) is 83.6. The molecule has 0 spiro atoms. The minimum Gasteiger partial charge on any atom is -0.375 e. The Morgan fingerprint density at radius 3 is 0.877 bits per heavy atom. The van der Waals surface area contributed by atoms with Crippen LogP contribution in [-0.2, 0) is 37.9 Å². The minimum absolute atomic E-state index is 0.0588. The van der Waals surface area contributed by atoms with Crippen LogP contribution in [-0.4, -0.2) is 97.2 Å². The maximum absolute atomic E-state index is 6.59. The molecule has 22 saturated carbocycles. The zero-order chi connectivity index (χ0) is 85.9. The molecule has 37 atom stereocenters. The van der Waals surface area contributed by atoms with Gasteiger partial charge in [-0.15, -0.1) is 0 Å². The molecule has 0 radical (unpaired) electrons. The third-order valence-corrected chi connectivity index (χ3v) is 41.0. The van der Waals surface area contributed by atoms with Crippen LogP contribution in [0.1, 0.15) is 440 Å². The Kier molecular flexibility index (Phi) is 34.6. The third-order valence-electron chi connectivity index (χ3n) is 41.0. The van der Waals surface area contributed by atoms with E-state index in [0.29, 0.717) is 121 Å². The molecule has 22 aliphatic rings. The number of ether oxygens (including phenoxy) is 8. The van der Waals surface area contributed by atoms with Gasteiger partial charge in [-0.25, -0.2) is 0 Å². The van der Waals surface area contributed by atoms with Crippen LogP contribution in [0.4, 0.5) is 0 Å². The topological polar surface area (TPSA) is 73.8 Å². The van der Waals surface area contributed by atoms with Crippen molar-refractivity contribution in [1.29, 1.82) is 0 Å². The van der Waals surface area contributed by atoms with Gasteiger partial charge in [-0.2, -0.15) is 0 Å². The highest BCUT2D eigenvalue weighted by Crippen LogP contribution is 2.69. The van der Waals surface area contributed by atoms with E-state index < -0.39 is 0 Å². The van der Waals surface area contributed by atoms with Crippen molar-refractivity contribution < 1.29 is 37.9 Å². The van der Waals surface area contributed by atoms with Crippen LogP contribution in [0.3, 0.4) is 0 Å². The molecule has 0 N–H and O–H groups in total. The normalized spacial score (nSPS) is 43.5. The summed E-state index contributed by atoms with van der Waals surface area (Å²) in [6, 6.07) is 0. The van der Waals surface area contributed by atoms with E-state index in [0.717, 1.165) is 154 Å². The zero-order valence-electron chi connectivity index (χ0n) is 83.6. The lowest BCUT2D eigenvalue weighted by atomic mass is 9.70. The standard InChI is InChI=1S/C18H30O.2C17H28O.C15H26O.C14H24O.C12H22O.C11H22O.C10H20O/c1-12(13-6-3-2-4-7-13)19-18-11-14-10-17(18)16-9-5-8-15(14)16;1-9(2)10(3)18-15-8-13-7-14(15)17-12-5-4-11(6-12)16(13)17;1-11(12-5-2-3-6-12)18-17-10-13-9-16(17)15-8-4-7-14(13)15;1-9(2)10(3)16-15-8-11-7-14(15)13-6-4-5-12(11)13;1-14(2,3)15-13-8-9-7-12(13)11-6-4-5-10(9)11;1-8(2)9(3)13-12-7-10-4-5-11(12)6-10;1-9(2)10(3)12-11-7-5-4-6-8-11;1-8(2)9(3)11-10-6-4-5-7-10/h12-18H,2-11H2,1H3;9-17H,4-8H2,1-3H3;11-17H,2-10H2,1H3;9-15H,4-8H2,1-3H3;9-13H,4-8H2,1-3H3;8-12H,4-7H2,1-3H3;9-11H,4-8H2,1-3H3;8-10H,4-7H2,1-3H3. The van der Waals surface area contributed by atoms with Crippen molar-refractivity contribution in [3.8, 4) is 0 Å². The van der Waals surface area contributed by atoms with Crippen molar-refractivity contribution in [2.75, 3.05) is 0 Å². The smallest absolute Gasteiger partial charge is 0.0616 e. The Balaban J connectivity index is 0.000000109. The van der Waals surface area contributed by atoms with Crippen molar-refractivity contribution in [2.45, 2.75) is 537 Å². The first-order chi connectivity index (χ1) is 58.6. The number of hydrogen-bond donors (Lipinski definition) is 0. The van der Waals surface area contributed by atoms with Gasteiger partial charge in [0.25, 0.3) is 0 Å². The fourth-order valence-electron chi connectivity index (χ4n) is 33.3. The minimum atomic E-state index is 0.0588. The summed E-state index contributed by atoms with van der Waals surface area (Å²) in [4.78, 5) is 0. The highest BCUT2D eigenvalue weighted by molar-refractivity contribution is 5.13. The van der Waals surface area contributed by atoms with Gasteiger partial charge in [0.1, 0.15) is 0 Å². The van der Waals surface area contributed by atoms with E-state index in [2.05, 4.69) is 138 Å². The van der Waals surface area contributed by atoms with E-state index in [-0.39, 0.29) is 5.60 Å². The first-order valence-electron chi connectivity index (χ1n) is 55.8. The molecule has 0 aromatic carbocycles. The number of fused-ring (bicyclic) bond motifs is 31. The van der Waals surface area contributed by atoms with Gasteiger partial charge in [0.05, 0.1) is 97.2 Å². The molecule has 8 nitrogen and oxygen atoms in total. The maximum atomic E-state index is 6.59. The monoisotopic (exact) mass is 1700 g/mol. The molecule has 22 fully saturated rings. The van der Waals surface area contributed by atoms with Gasteiger partial charge < -0.3 is 37.9 Å². The maximum Gasteiger partial charge on any atom is 0.0616 e. The van der Waals surface area contributed by atoms with Crippen molar-refractivity contribution in [3.05, 3.63) is 0 Å². The van der Waals surface area contributed by atoms with Crippen molar-refractivity contribution in [2.24, 2.45) is 183 Å². The molecule has 122 heavy (non-hydrogen) atoms. The van der Waals surface area contributed by atoms with Crippen LogP contribution >= 0.6 is 0 Å². The summed E-state index contributed by atoms with van der Waals surface area (Å²) in [7, 11) is 0. The summed E-state index contributed by atoms with van der Waals surface area (Å²) in [5, 5.41) is 0. The molecule has 37 unspecified atom stereocenters. The lowest BCUT2D eigenvalue weighted by Crippen LogP contribution is -2.38. The van der Waals surface area contributed by atoms with E-state index in [9.17, 15) is 0 Å². The average Bonchev–Trinajstić information content (AvgIpc) is 1.55. The van der Waals surface area contributed by atoms with Crippen LogP contribution in [0.15, 0.2) is 0 Å². The van der Waals surface area contributed by atoms with Crippen LogP contribution in [0.5, 0.6) is 0 Å². The molecular weight excluding hydrogens is 1500 g/mol. The Bertz CT molecular complexity index is 3040. The predicted molar refractivity (Wildman–Crippen MR) is 507 cm³/mol. The van der Waals surface area contributed by atoms with Gasteiger partial charge in [-0.3, -0.25) is 0 Å². The van der Waals surface area contributed by atoms with Crippen LogP contribution < -0.4 is 0 Å². The Morgan fingerprint density at radius 2 is 0.500 bits per heavy atom. The van der Waals surface area contributed by atoms with Crippen molar-refractivity contribution in [1.82, 2.24) is 0 Å². The second kappa shape index (κ2) is 43.8. The second-order valence-corrected chi connectivity index (χ2v) is 50.9. The molecule has 8 heteroatoms. The highest BCUT2D eigenvalue weighted by atomic mass is 16.5. The van der Waals surface area contributed by atoms with Gasteiger partial charge in [-0.1, -0.05) is 159 Å². The lowest BCUT2D eigenvalue weighted by Gasteiger charge is -2.39. The Hall–Kier alpha value is -0.320. The third kappa shape index (κ3) is 23.4. The number of rotatable bonds is 22.